The van der Waals surface area contributed by atoms with E-state index in [0.29, 0.717) is 0 Å². The zero-order chi connectivity index (χ0) is 21.3. The topological polar surface area (TPSA) is 0 Å². The van der Waals surface area contributed by atoms with E-state index in [1.54, 1.807) is 0 Å². The van der Waals surface area contributed by atoms with E-state index in [9.17, 15) is 0 Å². The second-order valence-electron chi connectivity index (χ2n) is 9.23. The van der Waals surface area contributed by atoms with E-state index in [-0.39, 0.29) is 10.8 Å². The lowest BCUT2D eigenvalue weighted by molar-refractivity contribution is 0.591. The first-order valence-electron chi connectivity index (χ1n) is 10.9. The Bertz CT molecular complexity index is 899. The van der Waals surface area contributed by atoms with E-state index in [4.69, 9.17) is 0 Å². The summed E-state index contributed by atoms with van der Waals surface area (Å²) in [5.41, 5.74) is 3.15. The van der Waals surface area contributed by atoms with Crippen molar-refractivity contribution in [2.75, 3.05) is 0 Å². The van der Waals surface area contributed by atoms with Crippen LogP contribution in [0.15, 0.2) is 48.5 Å². The third kappa shape index (κ3) is 4.02. The second-order valence-corrected chi connectivity index (χ2v) is 9.23. The van der Waals surface area contributed by atoms with Crippen molar-refractivity contribution < 1.29 is 0 Å². The fourth-order valence-electron chi connectivity index (χ4n) is 3.70. The highest BCUT2D eigenvalue weighted by molar-refractivity contribution is 6.23. The van der Waals surface area contributed by atoms with Crippen LogP contribution in [-0.2, 0) is 10.8 Å². The molecule has 0 aliphatic rings. The quantitative estimate of drug-likeness (QED) is 0.269. The van der Waals surface area contributed by atoms with Crippen molar-refractivity contribution >= 4 is 32.3 Å². The van der Waals surface area contributed by atoms with Gasteiger partial charge in [0.2, 0.25) is 0 Å². The molecule has 4 aromatic carbocycles. The van der Waals surface area contributed by atoms with Gasteiger partial charge in [0, 0.05) is 0 Å². The highest BCUT2D eigenvalue weighted by Gasteiger charge is 2.19. The van der Waals surface area contributed by atoms with Crippen LogP contribution in [0.2, 0.25) is 0 Å². The molecule has 150 valence electrons. The molecule has 0 N–H and O–H groups in total. The van der Waals surface area contributed by atoms with Crippen LogP contribution in [0, 0.1) is 0 Å². The van der Waals surface area contributed by atoms with Crippen LogP contribution in [0.1, 0.15) is 80.4 Å². The van der Waals surface area contributed by atoms with Gasteiger partial charge in [-0.2, -0.15) is 0 Å². The Morgan fingerprint density at radius 1 is 0.429 bits per heavy atom. The fraction of sp³-hybridized carbons (Fsp3) is 0.429. The molecule has 0 aliphatic carbocycles. The van der Waals surface area contributed by atoms with Gasteiger partial charge in [0.1, 0.15) is 0 Å². The van der Waals surface area contributed by atoms with Crippen LogP contribution >= 0.6 is 0 Å². The summed E-state index contributed by atoms with van der Waals surface area (Å²) in [6, 6.07) is 18.7. The predicted octanol–water partition coefficient (Wildman–Crippen LogP) is 9.23. The first-order chi connectivity index (χ1) is 13.1. The lowest BCUT2D eigenvalue weighted by atomic mass is 9.81. The van der Waals surface area contributed by atoms with E-state index in [2.05, 4.69) is 90.1 Å². The molecule has 0 aliphatic heterocycles. The molecule has 0 saturated heterocycles. The summed E-state index contributed by atoms with van der Waals surface area (Å²) in [6.07, 6.45) is 0. The Labute approximate surface area is 172 Å². The zero-order valence-corrected chi connectivity index (χ0v) is 19.6. The summed E-state index contributed by atoms with van der Waals surface area (Å²) in [6.45, 7) is 21.7. The van der Waals surface area contributed by atoms with Gasteiger partial charge in [-0.05, 0) is 54.3 Å². The van der Waals surface area contributed by atoms with E-state index in [1.807, 2.05) is 27.7 Å². The maximum absolute atomic E-state index is 2.37. The number of benzene rings is 4. The Kier molecular flexibility index (Phi) is 6.44. The molecular formula is C28H38. The Balaban J connectivity index is 0.000000660. The zero-order valence-electron chi connectivity index (χ0n) is 19.6. The van der Waals surface area contributed by atoms with Crippen LogP contribution in [0.5, 0.6) is 0 Å². The Morgan fingerprint density at radius 3 is 0.821 bits per heavy atom. The van der Waals surface area contributed by atoms with E-state index in [1.165, 1.54) is 43.4 Å². The largest absolute Gasteiger partial charge is 0.0683 e. The van der Waals surface area contributed by atoms with Crippen molar-refractivity contribution in [2.24, 2.45) is 0 Å². The van der Waals surface area contributed by atoms with Gasteiger partial charge in [-0.25, -0.2) is 0 Å². The molecule has 0 atom stereocenters. The van der Waals surface area contributed by atoms with E-state index >= 15 is 0 Å². The van der Waals surface area contributed by atoms with Crippen LogP contribution in [0.3, 0.4) is 0 Å². The minimum Gasteiger partial charge on any atom is -0.0683 e. The SMILES string of the molecule is CC.CC.CC(C)(C)c1cc2ccc3cc(C(C)(C)C)cc4ccc(c1)c2c34. The lowest BCUT2D eigenvalue weighted by Gasteiger charge is -2.23. The van der Waals surface area contributed by atoms with Crippen LogP contribution < -0.4 is 0 Å². The van der Waals surface area contributed by atoms with Gasteiger partial charge in [-0.3, -0.25) is 0 Å². The predicted molar refractivity (Wildman–Crippen MR) is 130 cm³/mol. The summed E-state index contributed by atoms with van der Waals surface area (Å²) in [5, 5.41) is 8.27. The third-order valence-corrected chi connectivity index (χ3v) is 5.27. The van der Waals surface area contributed by atoms with Crippen LogP contribution in [-0.4, -0.2) is 0 Å². The average molecular weight is 375 g/mol. The summed E-state index contributed by atoms with van der Waals surface area (Å²) in [4.78, 5) is 0. The van der Waals surface area contributed by atoms with Crippen molar-refractivity contribution in [3.05, 3.63) is 59.7 Å². The fourth-order valence-corrected chi connectivity index (χ4v) is 3.70. The summed E-state index contributed by atoms with van der Waals surface area (Å²) >= 11 is 0. The van der Waals surface area contributed by atoms with Crippen molar-refractivity contribution in [1.29, 1.82) is 0 Å². The van der Waals surface area contributed by atoms with Crippen LogP contribution in [0.25, 0.3) is 32.3 Å². The standard InChI is InChI=1S/C24H26.2C2H6/c1-23(2,3)19-11-15-7-9-17-13-20(24(4,5)6)14-18-10-8-16(12-19)21(15)22(17)18;2*1-2/h7-14H,1-6H3;2*1-2H3. The molecule has 0 heterocycles. The molecular weight excluding hydrogens is 336 g/mol. The maximum atomic E-state index is 2.37. The molecule has 0 bridgehead atoms. The molecule has 4 rings (SSSR count). The van der Waals surface area contributed by atoms with E-state index < -0.39 is 0 Å². The van der Waals surface area contributed by atoms with E-state index in [0.717, 1.165) is 0 Å². The summed E-state index contributed by atoms with van der Waals surface area (Å²) in [7, 11) is 0. The van der Waals surface area contributed by atoms with Gasteiger partial charge >= 0.3 is 0 Å². The Morgan fingerprint density at radius 2 is 0.643 bits per heavy atom. The third-order valence-electron chi connectivity index (χ3n) is 5.27. The summed E-state index contributed by atoms with van der Waals surface area (Å²) < 4.78 is 0. The van der Waals surface area contributed by atoms with Crippen molar-refractivity contribution in [3.63, 3.8) is 0 Å². The number of hydrogen-bond acceptors (Lipinski definition) is 0. The van der Waals surface area contributed by atoms with Gasteiger partial charge < -0.3 is 0 Å². The first kappa shape index (κ1) is 22.2. The summed E-state index contributed by atoms with van der Waals surface area (Å²) in [5.74, 6) is 0. The molecule has 0 heteroatoms. The average Bonchev–Trinajstić information content (AvgIpc) is 2.67. The molecule has 0 spiro atoms. The van der Waals surface area contributed by atoms with Crippen LogP contribution in [0.4, 0.5) is 0 Å². The van der Waals surface area contributed by atoms with Gasteiger partial charge in [-0.1, -0.05) is 118 Å². The molecule has 0 aromatic heterocycles. The molecule has 0 fully saturated rings. The second kappa shape index (κ2) is 8.11. The Hall–Kier alpha value is -2.08. The molecule has 0 unspecified atom stereocenters. The number of rotatable bonds is 0. The van der Waals surface area contributed by atoms with Gasteiger partial charge in [0.25, 0.3) is 0 Å². The van der Waals surface area contributed by atoms with Gasteiger partial charge in [0.15, 0.2) is 0 Å². The smallest absolute Gasteiger partial charge is 0.00266 e. The molecule has 4 aromatic rings. The highest BCUT2D eigenvalue weighted by Crippen LogP contribution is 2.39. The molecule has 0 amide bonds. The maximum Gasteiger partial charge on any atom is -0.00266 e. The minimum atomic E-state index is 0.170. The van der Waals surface area contributed by atoms with Gasteiger partial charge in [-0.15, -0.1) is 0 Å². The van der Waals surface area contributed by atoms with Crippen molar-refractivity contribution in [1.82, 2.24) is 0 Å². The lowest BCUT2D eigenvalue weighted by Crippen LogP contribution is -2.11. The molecule has 0 radical (unpaired) electrons. The highest BCUT2D eigenvalue weighted by atomic mass is 14.2. The van der Waals surface area contributed by atoms with Gasteiger partial charge in [0.05, 0.1) is 0 Å². The van der Waals surface area contributed by atoms with Crippen molar-refractivity contribution in [2.45, 2.75) is 80.1 Å². The first-order valence-corrected chi connectivity index (χ1v) is 10.9. The van der Waals surface area contributed by atoms with Crippen molar-refractivity contribution in [3.8, 4) is 0 Å². The number of hydrogen-bond donors (Lipinski definition) is 0. The normalized spacial score (nSPS) is 11.9. The monoisotopic (exact) mass is 374 g/mol. The molecule has 0 nitrogen and oxygen atoms in total. The minimum absolute atomic E-state index is 0.170. The molecule has 0 saturated carbocycles. The molecule has 28 heavy (non-hydrogen) atoms.